The monoisotopic (exact) mass is 393 g/mol. The molecule has 1 amide bonds. The largest absolute Gasteiger partial charge is 0.378 e. The molecule has 0 saturated carbocycles. The van der Waals surface area contributed by atoms with Gasteiger partial charge in [0, 0.05) is 24.5 Å². The molecule has 1 saturated heterocycles. The number of rotatable bonds is 5. The Labute approximate surface area is 161 Å². The third-order valence-electron chi connectivity index (χ3n) is 4.64. The highest BCUT2D eigenvalue weighted by Crippen LogP contribution is 2.25. The lowest BCUT2D eigenvalue weighted by Gasteiger charge is -2.29. The number of hydrogen-bond acceptors (Lipinski definition) is 4. The molecule has 2 aromatic rings. The van der Waals surface area contributed by atoms with Crippen LogP contribution < -0.4 is 15.5 Å². The van der Waals surface area contributed by atoms with Gasteiger partial charge in [-0.1, -0.05) is 0 Å². The summed E-state index contributed by atoms with van der Waals surface area (Å²) >= 11 is 0. The van der Waals surface area contributed by atoms with Crippen LogP contribution in [-0.2, 0) is 9.53 Å². The molecule has 5 nitrogen and oxygen atoms in total. The average Bonchev–Trinajstić information content (AvgIpc) is 2.70. The molecule has 0 bridgehead atoms. The van der Waals surface area contributed by atoms with E-state index in [1.54, 1.807) is 6.92 Å². The Kier molecular flexibility index (Phi) is 6.08. The summed E-state index contributed by atoms with van der Waals surface area (Å²) < 4.78 is 45.4. The van der Waals surface area contributed by atoms with Gasteiger partial charge < -0.3 is 20.3 Å². The molecule has 28 heavy (non-hydrogen) atoms. The second-order valence-corrected chi connectivity index (χ2v) is 6.68. The van der Waals surface area contributed by atoms with Crippen LogP contribution in [0.2, 0.25) is 0 Å². The van der Waals surface area contributed by atoms with Gasteiger partial charge >= 0.3 is 0 Å². The Bertz CT molecular complexity index is 870. The molecular formula is C20H22F3N3O2. The summed E-state index contributed by atoms with van der Waals surface area (Å²) in [6, 6.07) is 6.89. The van der Waals surface area contributed by atoms with Crippen molar-refractivity contribution in [2.45, 2.75) is 19.9 Å². The third-order valence-corrected chi connectivity index (χ3v) is 4.64. The molecule has 2 aromatic carbocycles. The molecule has 150 valence electrons. The Balaban J connectivity index is 1.66. The van der Waals surface area contributed by atoms with E-state index in [9.17, 15) is 18.0 Å². The highest BCUT2D eigenvalue weighted by atomic mass is 19.2. The van der Waals surface area contributed by atoms with Gasteiger partial charge in [-0.05, 0) is 49.7 Å². The number of nitrogens with zero attached hydrogens (tertiary/aromatic N) is 1. The van der Waals surface area contributed by atoms with Crippen molar-refractivity contribution in [2.24, 2.45) is 0 Å². The van der Waals surface area contributed by atoms with E-state index in [-0.39, 0.29) is 0 Å². The number of halogens is 3. The number of carbonyl (C=O) groups excluding carboxylic acids is 1. The molecular weight excluding hydrogens is 371 g/mol. The lowest BCUT2D eigenvalue weighted by Crippen LogP contribution is -2.36. The summed E-state index contributed by atoms with van der Waals surface area (Å²) in [6.07, 6.45) is 0. The van der Waals surface area contributed by atoms with Gasteiger partial charge in [0.05, 0.1) is 18.9 Å². The van der Waals surface area contributed by atoms with Crippen LogP contribution >= 0.6 is 0 Å². The van der Waals surface area contributed by atoms with Crippen molar-refractivity contribution in [2.75, 3.05) is 41.8 Å². The highest BCUT2D eigenvalue weighted by Gasteiger charge is 2.19. The van der Waals surface area contributed by atoms with Gasteiger partial charge in [0.1, 0.15) is 6.04 Å². The number of benzene rings is 2. The van der Waals surface area contributed by atoms with Crippen molar-refractivity contribution in [3.05, 3.63) is 53.3 Å². The van der Waals surface area contributed by atoms with Crippen LogP contribution in [0.15, 0.2) is 30.3 Å². The predicted molar refractivity (Wildman–Crippen MR) is 102 cm³/mol. The summed E-state index contributed by atoms with van der Waals surface area (Å²) in [5.74, 6) is -4.92. The number of ether oxygens (including phenoxy) is 1. The maximum Gasteiger partial charge on any atom is 0.246 e. The fraction of sp³-hybridized carbons (Fsp3) is 0.350. The van der Waals surface area contributed by atoms with Crippen molar-refractivity contribution < 1.29 is 22.7 Å². The summed E-state index contributed by atoms with van der Waals surface area (Å²) in [5, 5.41) is 5.34. The molecule has 0 radical (unpaired) electrons. The van der Waals surface area contributed by atoms with Gasteiger partial charge in [0.15, 0.2) is 17.5 Å². The lowest BCUT2D eigenvalue weighted by atomic mass is 10.1. The molecule has 0 unspecified atom stereocenters. The first-order valence-corrected chi connectivity index (χ1v) is 9.01. The zero-order valence-electron chi connectivity index (χ0n) is 15.7. The first kappa shape index (κ1) is 20.0. The van der Waals surface area contributed by atoms with Crippen molar-refractivity contribution >= 4 is 23.0 Å². The molecule has 1 atom stereocenters. The van der Waals surface area contributed by atoms with E-state index >= 15 is 0 Å². The van der Waals surface area contributed by atoms with E-state index in [4.69, 9.17) is 4.74 Å². The van der Waals surface area contributed by atoms with E-state index in [0.29, 0.717) is 13.2 Å². The fourth-order valence-corrected chi connectivity index (χ4v) is 2.99. The van der Waals surface area contributed by atoms with Crippen LogP contribution in [0.4, 0.5) is 30.2 Å². The topological polar surface area (TPSA) is 53.6 Å². The number of morpholine rings is 1. The van der Waals surface area contributed by atoms with Crippen molar-refractivity contribution in [1.82, 2.24) is 0 Å². The SMILES string of the molecule is Cc1cc(N2CCOCC2)ccc1N[C@@H](C)C(=O)Nc1ccc(F)c(F)c1F. The number of amides is 1. The smallest absolute Gasteiger partial charge is 0.246 e. The van der Waals surface area contributed by atoms with E-state index in [1.165, 1.54) is 0 Å². The van der Waals surface area contributed by atoms with Gasteiger partial charge in [-0.25, -0.2) is 13.2 Å². The highest BCUT2D eigenvalue weighted by molar-refractivity contribution is 5.96. The van der Waals surface area contributed by atoms with Crippen LogP contribution in [0.25, 0.3) is 0 Å². The Morgan fingerprint density at radius 3 is 2.43 bits per heavy atom. The van der Waals surface area contributed by atoms with Gasteiger partial charge in [0.25, 0.3) is 0 Å². The van der Waals surface area contributed by atoms with Crippen LogP contribution in [0.3, 0.4) is 0 Å². The van der Waals surface area contributed by atoms with E-state index in [2.05, 4.69) is 15.5 Å². The molecule has 1 aliphatic rings. The number of carbonyl (C=O) groups is 1. The van der Waals surface area contributed by atoms with Gasteiger partial charge in [-0.3, -0.25) is 4.79 Å². The maximum absolute atomic E-state index is 13.7. The zero-order valence-corrected chi connectivity index (χ0v) is 15.7. The fourth-order valence-electron chi connectivity index (χ4n) is 2.99. The second-order valence-electron chi connectivity index (χ2n) is 6.68. The summed E-state index contributed by atoms with van der Waals surface area (Å²) in [5.41, 5.74) is 2.37. The molecule has 1 heterocycles. The number of anilines is 3. The van der Waals surface area contributed by atoms with E-state index < -0.39 is 35.1 Å². The molecule has 8 heteroatoms. The van der Waals surface area contributed by atoms with Gasteiger partial charge in [0.2, 0.25) is 5.91 Å². The molecule has 0 aliphatic carbocycles. The van der Waals surface area contributed by atoms with Crippen LogP contribution in [-0.4, -0.2) is 38.3 Å². The number of aryl methyl sites for hydroxylation is 1. The first-order chi connectivity index (χ1) is 13.4. The molecule has 3 rings (SSSR count). The number of hydrogen-bond donors (Lipinski definition) is 2. The summed E-state index contributed by atoms with van der Waals surface area (Å²) in [7, 11) is 0. The van der Waals surface area contributed by atoms with Gasteiger partial charge in [-0.2, -0.15) is 0 Å². The number of nitrogens with one attached hydrogen (secondary N) is 2. The van der Waals surface area contributed by atoms with Crippen molar-refractivity contribution in [3.63, 3.8) is 0 Å². The molecule has 0 spiro atoms. The average molecular weight is 393 g/mol. The summed E-state index contributed by atoms with van der Waals surface area (Å²) in [4.78, 5) is 14.5. The molecule has 1 aliphatic heterocycles. The standard InChI is InChI=1S/C20H22F3N3O2/c1-12-11-14(26-7-9-28-10-8-26)3-5-16(12)24-13(2)20(27)25-17-6-4-15(21)18(22)19(17)23/h3-6,11,13,24H,7-10H2,1-2H3,(H,25,27)/t13-/m0/s1. The minimum Gasteiger partial charge on any atom is -0.378 e. The Morgan fingerprint density at radius 1 is 1.07 bits per heavy atom. The van der Waals surface area contributed by atoms with Crippen LogP contribution in [0.5, 0.6) is 0 Å². The zero-order chi connectivity index (χ0) is 20.3. The van der Waals surface area contributed by atoms with Crippen LogP contribution in [0.1, 0.15) is 12.5 Å². The van der Waals surface area contributed by atoms with Crippen molar-refractivity contribution in [1.29, 1.82) is 0 Å². The first-order valence-electron chi connectivity index (χ1n) is 9.01. The van der Waals surface area contributed by atoms with E-state index in [0.717, 1.165) is 42.2 Å². The minimum absolute atomic E-state index is 0.406. The van der Waals surface area contributed by atoms with Gasteiger partial charge in [-0.15, -0.1) is 0 Å². The van der Waals surface area contributed by atoms with E-state index in [1.807, 2.05) is 25.1 Å². The Hall–Kier alpha value is -2.74. The predicted octanol–water partition coefficient (Wildman–Crippen LogP) is 3.69. The van der Waals surface area contributed by atoms with Crippen molar-refractivity contribution in [3.8, 4) is 0 Å². The Morgan fingerprint density at radius 2 is 1.75 bits per heavy atom. The maximum atomic E-state index is 13.7. The van der Waals surface area contributed by atoms with Crippen LogP contribution in [0, 0.1) is 24.4 Å². The normalized spacial score (nSPS) is 15.2. The molecule has 1 fully saturated rings. The summed E-state index contributed by atoms with van der Waals surface area (Å²) in [6.45, 7) is 6.55. The lowest BCUT2D eigenvalue weighted by molar-refractivity contribution is -0.116. The molecule has 2 N–H and O–H groups in total. The third kappa shape index (κ3) is 4.39. The molecule has 0 aromatic heterocycles. The quantitative estimate of drug-likeness (QED) is 0.761. The minimum atomic E-state index is -1.62. The second kappa shape index (κ2) is 8.52.